The molecule has 18 heavy (non-hydrogen) atoms. The normalized spacial score (nSPS) is 27.3. The van der Waals surface area contributed by atoms with Crippen LogP contribution in [0.4, 0.5) is 5.82 Å². The molecule has 1 saturated heterocycles. The van der Waals surface area contributed by atoms with Crippen molar-refractivity contribution in [1.29, 1.82) is 0 Å². The quantitative estimate of drug-likeness (QED) is 0.894. The van der Waals surface area contributed by atoms with Gasteiger partial charge in [-0.05, 0) is 43.2 Å². The molecule has 1 aromatic heterocycles. The molecule has 2 aliphatic rings. The summed E-state index contributed by atoms with van der Waals surface area (Å²) in [5.41, 5.74) is 0.781. The highest BCUT2D eigenvalue weighted by Gasteiger charge is 2.36. The third-order valence-electron chi connectivity index (χ3n) is 4.33. The summed E-state index contributed by atoms with van der Waals surface area (Å²) in [6.45, 7) is 1.06. The number of halogens is 1. The lowest BCUT2D eigenvalue weighted by atomic mass is 9.92. The molecule has 2 atom stereocenters. The van der Waals surface area contributed by atoms with Gasteiger partial charge in [0.2, 0.25) is 0 Å². The summed E-state index contributed by atoms with van der Waals surface area (Å²) in [5, 5.41) is 9.78. The van der Waals surface area contributed by atoms with Crippen molar-refractivity contribution in [3.8, 4) is 0 Å². The summed E-state index contributed by atoms with van der Waals surface area (Å²) in [4.78, 5) is 6.86. The van der Waals surface area contributed by atoms with E-state index in [9.17, 15) is 0 Å². The van der Waals surface area contributed by atoms with E-state index in [4.69, 9.17) is 16.7 Å². The maximum atomic E-state index is 9.10. The molecule has 1 aliphatic carbocycles. The second kappa shape index (κ2) is 5.06. The van der Waals surface area contributed by atoms with E-state index in [-0.39, 0.29) is 6.61 Å². The lowest BCUT2D eigenvalue weighted by Crippen LogP contribution is -2.43. The molecular weight excluding hydrogens is 248 g/mol. The minimum absolute atomic E-state index is 0.000939. The monoisotopic (exact) mass is 266 g/mol. The van der Waals surface area contributed by atoms with Gasteiger partial charge >= 0.3 is 0 Å². The third-order valence-corrected chi connectivity index (χ3v) is 4.60. The Labute approximate surface area is 113 Å². The minimum atomic E-state index is -0.000939. The van der Waals surface area contributed by atoms with E-state index in [0.717, 1.165) is 23.8 Å². The van der Waals surface area contributed by atoms with Crippen LogP contribution in [-0.4, -0.2) is 22.7 Å². The van der Waals surface area contributed by atoms with Crippen molar-refractivity contribution in [3.63, 3.8) is 0 Å². The number of rotatable bonds is 2. The number of aromatic nitrogens is 1. The van der Waals surface area contributed by atoms with Gasteiger partial charge in [0, 0.05) is 18.8 Å². The topological polar surface area (TPSA) is 36.4 Å². The average Bonchev–Trinajstić information content (AvgIpc) is 2.87. The largest absolute Gasteiger partial charge is 0.392 e. The summed E-state index contributed by atoms with van der Waals surface area (Å²) >= 11 is 6.32. The van der Waals surface area contributed by atoms with Crippen molar-refractivity contribution in [2.45, 2.75) is 44.8 Å². The predicted molar refractivity (Wildman–Crippen MR) is 72.9 cm³/mol. The Hall–Kier alpha value is -0.800. The van der Waals surface area contributed by atoms with Gasteiger partial charge in [-0.3, -0.25) is 0 Å². The lowest BCUT2D eigenvalue weighted by Gasteiger charge is -2.39. The van der Waals surface area contributed by atoms with E-state index in [0.29, 0.717) is 11.1 Å². The molecule has 0 bridgehead atoms. The molecule has 2 unspecified atom stereocenters. The summed E-state index contributed by atoms with van der Waals surface area (Å²) in [6, 6.07) is 2.46. The zero-order valence-electron chi connectivity index (χ0n) is 10.5. The van der Waals surface area contributed by atoms with Gasteiger partial charge in [-0.15, -0.1) is 0 Å². The highest BCUT2D eigenvalue weighted by atomic mass is 35.5. The second-order valence-electron chi connectivity index (χ2n) is 5.40. The standard InChI is InChI=1S/C14H19ClN2O/c15-12-7-10(9-18)8-16-14(12)17-6-2-4-11-3-1-5-13(11)17/h7-8,11,13,18H,1-6,9H2. The van der Waals surface area contributed by atoms with Crippen molar-refractivity contribution in [3.05, 3.63) is 22.8 Å². The highest BCUT2D eigenvalue weighted by molar-refractivity contribution is 6.33. The Morgan fingerprint density at radius 1 is 1.33 bits per heavy atom. The van der Waals surface area contributed by atoms with Crippen LogP contribution in [0.2, 0.25) is 5.02 Å². The van der Waals surface area contributed by atoms with Crippen LogP contribution in [-0.2, 0) is 6.61 Å². The van der Waals surface area contributed by atoms with Crippen LogP contribution in [0.25, 0.3) is 0 Å². The number of anilines is 1. The summed E-state index contributed by atoms with van der Waals surface area (Å²) < 4.78 is 0. The summed E-state index contributed by atoms with van der Waals surface area (Å²) in [6.07, 6.45) is 8.28. The van der Waals surface area contributed by atoms with Crippen LogP contribution in [0.5, 0.6) is 0 Å². The molecule has 3 rings (SSSR count). The zero-order chi connectivity index (χ0) is 12.5. The predicted octanol–water partition coefficient (Wildman–Crippen LogP) is 3.00. The maximum Gasteiger partial charge on any atom is 0.147 e. The van der Waals surface area contributed by atoms with Crippen LogP contribution < -0.4 is 4.90 Å². The number of aliphatic hydroxyl groups excluding tert-OH is 1. The average molecular weight is 267 g/mol. The van der Waals surface area contributed by atoms with Gasteiger partial charge in [0.1, 0.15) is 5.82 Å². The molecule has 0 aromatic carbocycles. The Morgan fingerprint density at radius 2 is 2.17 bits per heavy atom. The first-order chi connectivity index (χ1) is 8.79. The van der Waals surface area contributed by atoms with Gasteiger partial charge in [-0.2, -0.15) is 0 Å². The van der Waals surface area contributed by atoms with E-state index in [2.05, 4.69) is 9.88 Å². The maximum absolute atomic E-state index is 9.10. The molecule has 2 heterocycles. The van der Waals surface area contributed by atoms with Crippen LogP contribution in [0.3, 0.4) is 0 Å². The smallest absolute Gasteiger partial charge is 0.147 e. The van der Waals surface area contributed by atoms with Crippen molar-refractivity contribution in [1.82, 2.24) is 4.98 Å². The Morgan fingerprint density at radius 3 is 2.94 bits per heavy atom. The number of nitrogens with zero attached hydrogens (tertiary/aromatic N) is 2. The highest BCUT2D eigenvalue weighted by Crippen LogP contribution is 2.40. The first-order valence-corrected chi connectivity index (χ1v) is 7.19. The summed E-state index contributed by atoms with van der Waals surface area (Å²) in [5.74, 6) is 1.74. The SMILES string of the molecule is OCc1cnc(N2CCCC3CCCC32)c(Cl)c1. The number of aliphatic hydroxyl groups is 1. The van der Waals surface area contributed by atoms with E-state index in [1.165, 1.54) is 32.1 Å². The fourth-order valence-corrected chi connectivity index (χ4v) is 3.78. The molecule has 1 aliphatic heterocycles. The van der Waals surface area contributed by atoms with Crippen LogP contribution >= 0.6 is 11.6 Å². The molecular formula is C14H19ClN2O. The van der Waals surface area contributed by atoms with Gasteiger partial charge in [-0.1, -0.05) is 18.0 Å². The van der Waals surface area contributed by atoms with Gasteiger partial charge < -0.3 is 10.0 Å². The minimum Gasteiger partial charge on any atom is -0.392 e. The molecule has 1 saturated carbocycles. The Kier molecular flexibility index (Phi) is 3.44. The number of pyridine rings is 1. The third kappa shape index (κ3) is 2.10. The fraction of sp³-hybridized carbons (Fsp3) is 0.643. The van der Waals surface area contributed by atoms with E-state index in [1.807, 2.05) is 6.07 Å². The van der Waals surface area contributed by atoms with Gasteiger partial charge in [0.05, 0.1) is 11.6 Å². The van der Waals surface area contributed by atoms with Crippen molar-refractivity contribution >= 4 is 17.4 Å². The molecule has 4 heteroatoms. The van der Waals surface area contributed by atoms with E-state index < -0.39 is 0 Å². The Balaban J connectivity index is 1.89. The van der Waals surface area contributed by atoms with Crippen molar-refractivity contribution in [2.24, 2.45) is 5.92 Å². The Bertz CT molecular complexity index is 438. The van der Waals surface area contributed by atoms with Crippen LogP contribution in [0.1, 0.15) is 37.7 Å². The van der Waals surface area contributed by atoms with Gasteiger partial charge in [-0.25, -0.2) is 4.98 Å². The van der Waals surface area contributed by atoms with E-state index in [1.54, 1.807) is 6.20 Å². The number of piperidine rings is 1. The van der Waals surface area contributed by atoms with Crippen LogP contribution in [0, 0.1) is 5.92 Å². The molecule has 98 valence electrons. The molecule has 0 spiro atoms. The zero-order valence-corrected chi connectivity index (χ0v) is 11.2. The molecule has 0 radical (unpaired) electrons. The molecule has 1 N–H and O–H groups in total. The first kappa shape index (κ1) is 12.2. The van der Waals surface area contributed by atoms with Crippen molar-refractivity contribution < 1.29 is 5.11 Å². The van der Waals surface area contributed by atoms with Crippen LogP contribution in [0.15, 0.2) is 12.3 Å². The first-order valence-electron chi connectivity index (χ1n) is 6.81. The van der Waals surface area contributed by atoms with E-state index >= 15 is 0 Å². The number of hydrogen-bond acceptors (Lipinski definition) is 3. The molecule has 0 amide bonds. The molecule has 1 aromatic rings. The summed E-state index contributed by atoms with van der Waals surface area (Å²) in [7, 11) is 0. The lowest BCUT2D eigenvalue weighted by molar-refractivity contribution is 0.281. The van der Waals surface area contributed by atoms with Gasteiger partial charge in [0.15, 0.2) is 0 Å². The fourth-order valence-electron chi connectivity index (χ4n) is 3.49. The molecule has 2 fully saturated rings. The van der Waals surface area contributed by atoms with Gasteiger partial charge in [0.25, 0.3) is 0 Å². The molecule has 3 nitrogen and oxygen atoms in total. The number of fused-ring (bicyclic) bond motifs is 1. The number of hydrogen-bond donors (Lipinski definition) is 1. The van der Waals surface area contributed by atoms with Crippen molar-refractivity contribution in [2.75, 3.05) is 11.4 Å². The second-order valence-corrected chi connectivity index (χ2v) is 5.81.